The number of H-pyrrole nitrogens is 2. The van der Waals surface area contributed by atoms with Crippen LogP contribution in [-0.4, -0.2) is 214 Å². The average molecular weight is 1540 g/mol. The number of aliphatic hydroxyl groups is 1. The van der Waals surface area contributed by atoms with Gasteiger partial charge in [0, 0.05) is 59.2 Å². The molecule has 0 bridgehead atoms. The lowest BCUT2D eigenvalue weighted by atomic mass is 9.96. The highest BCUT2D eigenvalue weighted by molar-refractivity contribution is 8.00. The second-order valence-corrected chi connectivity index (χ2v) is 28.9. The predicted molar refractivity (Wildman–Crippen MR) is 409 cm³/mol. The minimum Gasteiger partial charge on any atom is -0.394 e. The summed E-state index contributed by atoms with van der Waals surface area (Å²) in [4.78, 5) is 206. The third-order valence-electron chi connectivity index (χ3n) is 18.3. The Bertz CT molecular complexity index is 3920. The van der Waals surface area contributed by atoms with Crippen molar-refractivity contribution < 1.29 is 72.2 Å². The monoisotopic (exact) mass is 1540 g/mol. The van der Waals surface area contributed by atoms with Crippen LogP contribution in [0, 0.1) is 11.8 Å². The quantitative estimate of drug-likeness (QED) is 0.0295. The first-order chi connectivity index (χ1) is 51.7. The van der Waals surface area contributed by atoms with Gasteiger partial charge in [-0.05, 0) is 111 Å². The number of carbonyl (C=O) groups is 14. The fraction of sp³-hybridized carbons (Fsp3) is 0.507. The highest BCUT2D eigenvalue weighted by atomic mass is 32.2. The minimum atomic E-state index is -1.81. The Morgan fingerprint density at radius 3 is 1.45 bits per heavy atom. The molecule has 6 rings (SSSR count). The zero-order valence-corrected chi connectivity index (χ0v) is 63.0. The molecule has 12 atom stereocenters. The van der Waals surface area contributed by atoms with Crippen molar-refractivity contribution in [2.45, 2.75) is 171 Å². The number of benzene rings is 3. The van der Waals surface area contributed by atoms with Crippen molar-refractivity contribution in [1.82, 2.24) is 73.8 Å². The lowest BCUT2D eigenvalue weighted by Crippen LogP contribution is -2.61. The first kappa shape index (κ1) is 86.8. The van der Waals surface area contributed by atoms with E-state index in [0.717, 1.165) is 11.8 Å². The van der Waals surface area contributed by atoms with Gasteiger partial charge in [0.2, 0.25) is 82.7 Å². The van der Waals surface area contributed by atoms with E-state index in [4.69, 9.17) is 22.9 Å². The molecule has 3 heterocycles. The highest BCUT2D eigenvalue weighted by Crippen LogP contribution is 2.23. The van der Waals surface area contributed by atoms with Gasteiger partial charge in [0.25, 0.3) is 0 Å². The van der Waals surface area contributed by atoms with Crippen LogP contribution in [0.4, 0.5) is 0 Å². The number of carbonyl (C=O) groups excluding carboxylic acids is 14. The van der Waals surface area contributed by atoms with E-state index in [9.17, 15) is 62.6 Å². The number of thioether (sulfide) groups is 2. The van der Waals surface area contributed by atoms with Gasteiger partial charge in [-0.25, -0.2) is 0 Å². The van der Waals surface area contributed by atoms with Gasteiger partial charge in [-0.1, -0.05) is 101 Å². The van der Waals surface area contributed by atoms with Crippen LogP contribution in [0.25, 0.3) is 21.8 Å². The van der Waals surface area contributed by atoms with Gasteiger partial charge >= 0.3 is 0 Å². The van der Waals surface area contributed by atoms with Gasteiger partial charge in [-0.3, -0.25) is 67.1 Å². The van der Waals surface area contributed by atoms with Crippen LogP contribution >= 0.6 is 23.5 Å². The Kier molecular flexibility index (Phi) is 35.6. The molecular formula is C73H104N18O15S2. The molecule has 0 unspecified atom stereocenters. The van der Waals surface area contributed by atoms with E-state index in [1.807, 2.05) is 6.07 Å². The fourth-order valence-electron chi connectivity index (χ4n) is 12.0. The van der Waals surface area contributed by atoms with E-state index in [1.54, 1.807) is 119 Å². The fourth-order valence-corrected chi connectivity index (χ4v) is 13.4. The number of fused-ring (bicyclic) bond motifs is 2. The van der Waals surface area contributed by atoms with Crippen molar-refractivity contribution in [2.24, 2.45) is 34.8 Å². The molecule has 1 fully saturated rings. The minimum absolute atomic E-state index is 0.0295. The van der Waals surface area contributed by atoms with E-state index < -0.39 is 186 Å². The maximum atomic E-state index is 15.1. The smallest absolute Gasteiger partial charge is 0.245 e. The lowest BCUT2D eigenvalue weighted by Gasteiger charge is -2.29. The maximum absolute atomic E-state index is 15.1. The molecule has 0 saturated carbocycles. The van der Waals surface area contributed by atoms with Gasteiger partial charge < -0.3 is 102 Å². The maximum Gasteiger partial charge on any atom is 0.245 e. The normalized spacial score (nSPS) is 23.6. The Hall–Kier alpha value is -10.1. The van der Waals surface area contributed by atoms with Crippen LogP contribution < -0.4 is 86.7 Å². The molecule has 35 heteroatoms. The number of amides is 14. The molecule has 2 aromatic heterocycles. The molecule has 23 N–H and O–H groups in total. The second kappa shape index (κ2) is 44.3. The van der Waals surface area contributed by atoms with E-state index in [2.05, 4.69) is 73.8 Å². The average Bonchev–Trinajstić information content (AvgIpc) is 1.65. The number of aromatic amines is 2. The number of unbranched alkanes of at least 4 members (excludes halogenated alkanes) is 2. The van der Waals surface area contributed by atoms with Gasteiger partial charge in [-0.15, -0.1) is 11.8 Å². The number of hydrogen-bond donors (Lipinski definition) is 19. The molecule has 1 saturated heterocycles. The zero-order valence-electron chi connectivity index (χ0n) is 61.4. The molecule has 3 aromatic carbocycles. The molecular weight excluding hydrogens is 1430 g/mol. The molecule has 33 nitrogen and oxygen atoms in total. The SMILES string of the molecule is CC[C@H](C)[C@@H]1NC(=O)[C@H](Cc2ccccc2)NC(=O)CSC[C@@H](C(N)=O)NC(=O)[C@H](C(C)C)NC(=O)[C@H](Cc2c[nH]c3ccccc23)NC(=O)[C@H](CCCCN)NC(=O)[C@H](CCSC)NC(=O)[C@H](Cc2c[nH]c3ccccc23)NC(=O)[C@H](CC(N)=O)NC(=O)[C@H](CCCCN)NC(=O)CNC(=O)[C@H](CO)NC1=O. The number of nitrogens with two attached hydrogens (primary N) is 4. The van der Waals surface area contributed by atoms with E-state index in [1.165, 1.54) is 11.8 Å². The molecule has 5 aromatic rings. The summed E-state index contributed by atoms with van der Waals surface area (Å²) in [6.45, 7) is 5.15. The summed E-state index contributed by atoms with van der Waals surface area (Å²) in [5.74, 6) is -14.7. The van der Waals surface area contributed by atoms with Crippen molar-refractivity contribution in [3.8, 4) is 0 Å². The second-order valence-electron chi connectivity index (χ2n) is 26.9. The van der Waals surface area contributed by atoms with E-state index in [-0.39, 0.29) is 76.0 Å². The number of rotatable bonds is 24. The topological polar surface area (TPSA) is 539 Å². The third kappa shape index (κ3) is 27.0. The zero-order chi connectivity index (χ0) is 79.0. The number of nitrogens with one attached hydrogen (secondary N) is 14. The van der Waals surface area contributed by atoms with Crippen LogP contribution in [0.1, 0.15) is 102 Å². The van der Waals surface area contributed by atoms with Gasteiger partial charge in [0.05, 0.1) is 25.3 Å². The molecule has 1 aliphatic heterocycles. The third-order valence-corrected chi connectivity index (χ3v) is 20.0. The Morgan fingerprint density at radius 2 is 0.944 bits per heavy atom. The summed E-state index contributed by atoms with van der Waals surface area (Å²) < 4.78 is 0. The van der Waals surface area contributed by atoms with Gasteiger partial charge in [-0.2, -0.15) is 11.8 Å². The Balaban J connectivity index is 1.40. The predicted octanol–water partition coefficient (Wildman–Crippen LogP) is -2.06. The van der Waals surface area contributed by atoms with Crippen LogP contribution in [0.3, 0.4) is 0 Å². The summed E-state index contributed by atoms with van der Waals surface area (Å²) in [5, 5.41) is 43.3. The number of aliphatic hydroxyl groups excluding tert-OH is 1. The Morgan fingerprint density at radius 1 is 0.500 bits per heavy atom. The molecule has 14 amide bonds. The molecule has 0 spiro atoms. The first-order valence-corrected chi connectivity index (χ1v) is 38.6. The number of primary amides is 2. The van der Waals surface area contributed by atoms with Crippen molar-refractivity contribution >= 4 is 128 Å². The standard InChI is InChI=1S/C73H104N18O15S2/c1-6-41(4)62-73(106)88-56(37-92)64(97)80-36-59(94)81-49(24-14-16-27-74)65(98)87-55(33-58(76)93)69(102)86-53(31-43-34-78-47-22-12-10-20-45(43)47)68(101)84-51(26-29-107-5)67(100)83-50(25-15-17-28-75)66(99)85-54(32-44-35-79-48-23-13-11-21-46(44)48)71(104)90-61(40(2)3)72(105)89-57(63(77)96)38-108-39-60(95)82-52(70(103)91-62)30-42-18-8-7-9-19-42/h7-13,18-23,34-35,40-41,49-57,61-62,78-79,92H,6,14-17,24-33,36-39,74-75H2,1-5H3,(H2,76,93)(H2,77,96)(H,80,97)(H,81,94)(H,82,95)(H,83,100)(H,84,101)(H,85,99)(H,86,102)(H,87,98)(H,88,106)(H,89,105)(H,90,104)(H,91,103)/t41-,49-,50-,51-,52-,53-,54-,55-,56-,57-,61-,62-/m0/s1. The van der Waals surface area contributed by atoms with Crippen LogP contribution in [0.15, 0.2) is 91.3 Å². The Labute approximate surface area is 634 Å². The van der Waals surface area contributed by atoms with E-state index in [0.29, 0.717) is 57.8 Å². The first-order valence-electron chi connectivity index (χ1n) is 36.1. The van der Waals surface area contributed by atoms with E-state index >= 15 is 9.59 Å². The number of para-hydroxylation sites is 2. The van der Waals surface area contributed by atoms with Crippen LogP contribution in [-0.2, 0) is 86.4 Å². The molecule has 1 aliphatic rings. The van der Waals surface area contributed by atoms with Crippen molar-refractivity contribution in [2.75, 3.05) is 49.8 Å². The summed E-state index contributed by atoms with van der Waals surface area (Å²) in [6.07, 6.45) is 5.09. The van der Waals surface area contributed by atoms with Crippen molar-refractivity contribution in [3.05, 3.63) is 108 Å². The molecule has 588 valence electrons. The van der Waals surface area contributed by atoms with Gasteiger partial charge in [0.15, 0.2) is 0 Å². The summed E-state index contributed by atoms with van der Waals surface area (Å²) in [6, 6.07) is 6.43. The number of hydrogen-bond acceptors (Lipinski definition) is 19. The summed E-state index contributed by atoms with van der Waals surface area (Å²) in [7, 11) is 0. The summed E-state index contributed by atoms with van der Waals surface area (Å²) >= 11 is 2.20. The van der Waals surface area contributed by atoms with Gasteiger partial charge in [0.1, 0.15) is 66.5 Å². The van der Waals surface area contributed by atoms with Crippen molar-refractivity contribution in [3.63, 3.8) is 0 Å². The summed E-state index contributed by atoms with van der Waals surface area (Å²) in [5.41, 5.74) is 26.3. The highest BCUT2D eigenvalue weighted by Gasteiger charge is 2.38. The van der Waals surface area contributed by atoms with Crippen molar-refractivity contribution in [1.29, 1.82) is 0 Å². The number of aromatic nitrogens is 2. The van der Waals surface area contributed by atoms with Crippen LogP contribution in [0.2, 0.25) is 0 Å². The molecule has 0 aliphatic carbocycles. The van der Waals surface area contributed by atoms with Crippen LogP contribution in [0.5, 0.6) is 0 Å². The largest absolute Gasteiger partial charge is 0.394 e. The molecule has 0 radical (unpaired) electrons. The molecule has 108 heavy (non-hydrogen) atoms. The lowest BCUT2D eigenvalue weighted by molar-refractivity contribution is -0.136.